The number of hydrogen-bond donors (Lipinski definition) is 5. The summed E-state index contributed by atoms with van der Waals surface area (Å²) >= 11 is 0. The Labute approximate surface area is 717 Å². The van der Waals surface area contributed by atoms with E-state index in [-0.39, 0.29) is 180 Å². The zero-order valence-corrected chi connectivity index (χ0v) is 67.3. The first-order valence-electron chi connectivity index (χ1n) is 33.0. The Morgan fingerprint density at radius 2 is 0.649 bits per heavy atom. The summed E-state index contributed by atoms with van der Waals surface area (Å²) in [6.45, 7) is 26.0. The van der Waals surface area contributed by atoms with Crippen LogP contribution in [-0.2, 0) is 157 Å². The quantitative estimate of drug-likeness (QED) is 0.0558. The molecule has 0 atom stereocenters. The van der Waals surface area contributed by atoms with Gasteiger partial charge in [-0.25, -0.2) is 0 Å². The number of ether oxygens (including phenoxy) is 2. The Bertz CT molecular complexity index is 2570. The molecule has 0 aromatic carbocycles. The summed E-state index contributed by atoms with van der Waals surface area (Å²) in [5.41, 5.74) is 8.11. The minimum atomic E-state index is -3.03. The molecule has 5 aliphatic heterocycles. The number of aliphatic hydroxyl groups is 1. The fourth-order valence-electron chi connectivity index (χ4n) is 9.79. The van der Waals surface area contributed by atoms with Crippen LogP contribution in [-0.4, -0.2) is 312 Å². The smallest absolute Gasteiger partial charge is 0.666 e. The number of aromatic nitrogens is 4. The Hall–Kier alpha value is -2.98. The van der Waals surface area contributed by atoms with E-state index < -0.39 is 19.3 Å². The molecule has 0 saturated carbocycles. The summed E-state index contributed by atoms with van der Waals surface area (Å²) < 4.78 is 10.9. The van der Waals surface area contributed by atoms with Gasteiger partial charge in [0.25, 0.3) is 0 Å². The van der Waals surface area contributed by atoms with Gasteiger partial charge in [-0.1, -0.05) is 74.3 Å². The summed E-state index contributed by atoms with van der Waals surface area (Å²) in [6.07, 6.45) is 11.9. The van der Waals surface area contributed by atoms with E-state index in [1.165, 1.54) is 0 Å². The maximum absolute atomic E-state index is 10.8. The molecular weight excluding hydrogens is 1660 g/mol. The number of aliphatic carboxylic acids is 2. The van der Waals surface area contributed by atoms with Gasteiger partial charge in [-0.2, -0.15) is 45.6 Å². The third kappa shape index (κ3) is 72.0. The van der Waals surface area contributed by atoms with Crippen LogP contribution in [0.3, 0.4) is 0 Å². The number of fused-ring (bicyclic) bond motifs is 8. The molecule has 33 nitrogen and oxygen atoms in total. The van der Waals surface area contributed by atoms with Crippen LogP contribution in [0.25, 0.3) is 53.2 Å². The van der Waals surface area contributed by atoms with E-state index in [0.29, 0.717) is 157 Å². The molecule has 8 bridgehead atoms. The van der Waals surface area contributed by atoms with Gasteiger partial charge in [0.05, 0.1) is 44.9 Å². The van der Waals surface area contributed by atoms with Crippen LogP contribution in [0.1, 0.15) is 95.5 Å². The average molecular weight is 1800 g/mol. The van der Waals surface area contributed by atoms with Gasteiger partial charge in [0.15, 0.2) is 0 Å². The monoisotopic (exact) mass is 1800 g/mol. The second-order valence-electron chi connectivity index (χ2n) is 22.9. The van der Waals surface area contributed by atoms with Crippen molar-refractivity contribution >= 4 is 25.6 Å². The van der Waals surface area contributed by atoms with E-state index in [2.05, 4.69) is 122 Å². The maximum atomic E-state index is 10.8. The fraction of sp³-hybridized carbons (Fsp3) is 0.625. The van der Waals surface area contributed by atoms with Crippen LogP contribution >= 0.6 is 7.34 Å². The first-order chi connectivity index (χ1) is 46.2. The van der Waals surface area contributed by atoms with E-state index in [1.54, 1.807) is 0 Å². The number of rotatable bonds is 8. The SMILES string of the molecule is C.C.C.C.C.C=C(O)CN1CC[N-]CCN(CC(=O)O)CC[N-]CC1.C=P(O)(O)CN1CC[N-]Cc2cccc(n2)C[N-]CC1.O.O.O.O.O.O.O=C(O)CN1CC[N-]Cc2cccc(n2)C[N-]CC1.[Mn+2].[Mn+3].[Mn+3].[Mn].[Mn].c1cc2nc(c1)C[N-]CCOCCOCC[CH-]C2.c1cc2nc(c1)C[N-]CC[N-]CC[N-]CC[CH-]C2. The molecule has 9 rings (SSSR count). The number of aliphatic hydroxyl groups excluding tert-OH is 1. The van der Waals surface area contributed by atoms with Crippen molar-refractivity contribution in [2.75, 3.05) is 196 Å². The molecule has 4 aromatic rings. The van der Waals surface area contributed by atoms with Crippen LogP contribution in [0.5, 0.6) is 0 Å². The second kappa shape index (κ2) is 86.4. The van der Waals surface area contributed by atoms with E-state index in [1.807, 2.05) is 69.3 Å². The number of nitrogens with zero attached hydrogens (tertiary/aromatic N) is 18. The van der Waals surface area contributed by atoms with Crippen LogP contribution in [0.4, 0.5) is 0 Å². The van der Waals surface area contributed by atoms with Gasteiger partial charge in [-0.15, -0.1) is 111 Å². The molecule has 1 fully saturated rings. The summed E-state index contributed by atoms with van der Waals surface area (Å²) in [7, 11) is -3.03. The first-order valence-corrected chi connectivity index (χ1v) is 35.1. The Kier molecular flexibility index (Phi) is 104. The van der Waals surface area contributed by atoms with Crippen molar-refractivity contribution < 1.29 is 162 Å². The van der Waals surface area contributed by atoms with E-state index >= 15 is 0 Å². The third-order valence-electron chi connectivity index (χ3n) is 14.5. The van der Waals surface area contributed by atoms with Crippen LogP contribution in [0.15, 0.2) is 85.1 Å². The molecule has 17 N–H and O–H groups in total. The molecule has 0 amide bonds. The zero-order chi connectivity index (χ0) is 67.7. The van der Waals surface area contributed by atoms with Crippen molar-refractivity contribution in [2.24, 2.45) is 0 Å². The number of carboxylic acid groups (broad SMARTS) is 2. The molecule has 0 unspecified atom stereocenters. The molecule has 5 aliphatic rings. The van der Waals surface area contributed by atoms with Crippen molar-refractivity contribution in [3.05, 3.63) is 197 Å². The minimum absolute atomic E-state index is 0. The van der Waals surface area contributed by atoms with Gasteiger partial charge < -0.3 is 133 Å². The summed E-state index contributed by atoms with van der Waals surface area (Å²) in [4.78, 5) is 66.5. The van der Waals surface area contributed by atoms with E-state index in [9.17, 15) is 24.5 Å². The molecule has 4 aromatic heterocycles. The largest absolute Gasteiger partial charge is 3.00 e. The summed E-state index contributed by atoms with van der Waals surface area (Å²) in [5.74, 6) is -1.46. The van der Waals surface area contributed by atoms with Crippen LogP contribution < -0.4 is 0 Å². The molecule has 9 heterocycles. The zero-order valence-electron chi connectivity index (χ0n) is 60.5. The second-order valence-corrected chi connectivity index (χ2v) is 24.9. The summed E-state index contributed by atoms with van der Waals surface area (Å²) in [5, 5.41) is 71.2. The van der Waals surface area contributed by atoms with Crippen molar-refractivity contribution in [2.45, 2.75) is 102 Å². The normalized spacial score (nSPS) is 16.7. The van der Waals surface area contributed by atoms with Gasteiger partial charge in [0, 0.05) is 92.9 Å². The van der Waals surface area contributed by atoms with Gasteiger partial charge in [0.1, 0.15) is 7.34 Å². The number of hydrogen-bond acceptors (Lipinski definition) is 15. The average Bonchev–Trinajstić information content (AvgIpc) is 1.58. The first kappa shape index (κ1) is 134. The molecule has 0 spiro atoms. The molecule has 647 valence electrons. The number of carboxylic acids is 2. The number of carbonyl (C=O) groups is 2. The van der Waals surface area contributed by atoms with Crippen molar-refractivity contribution in [3.8, 4) is 0 Å². The predicted octanol–water partition coefficient (Wildman–Crippen LogP) is 6.32. The fourth-order valence-corrected chi connectivity index (χ4v) is 10.7. The summed E-state index contributed by atoms with van der Waals surface area (Å²) in [6, 6.07) is 24.1. The molecule has 39 heteroatoms. The minimum Gasteiger partial charge on any atom is -0.666 e. The standard InChI is InChI=1S/C14H20N4.C14H20N2O2.C13H24N4O3.C13H21N4O2P.C13H18N4O2.5CH4.5Mn.6H2O/c1-2-7-15-8-9-16-10-11-17-12-14-6-3-5-13(4-1)18-14;1-2-8-17-10-11-18-9-7-15-12-14-6-3-5-13(4-1)16-14;1-12(18)10-16-6-2-14-4-8-17(11-13(19)20)9-5-15-3-7-16;1-20(18,19)11-17-7-5-14-9-12-3-2-4-13(16-12)10-15-6-8-17;18-13(19)10-17-6-4-14-8-11-2-1-3-12(16-11)9-15-5-7-17;;;;;;;;;;;;;;;;/h2*1,3,5-6H,2,4,7-12H2;18H,1-11H2,(H,19,20);2-4,18-19H,1,5-11H2;1-3H,4-10H2,(H,18,19);5*1H4;;;;;;6*1H2/q-4;4*-2;;;;;;;;+2;2*+3;;;;;;. The molecule has 0 aliphatic carbocycles. The van der Waals surface area contributed by atoms with Crippen molar-refractivity contribution in [3.63, 3.8) is 0 Å². The maximum Gasteiger partial charge on any atom is 3.00 e. The molecule has 111 heavy (non-hydrogen) atoms. The number of pyridine rings is 4. The molecular formula is C72H135Mn5N18O15P-4. The van der Waals surface area contributed by atoms with Crippen LogP contribution in [0.2, 0.25) is 0 Å². The topological polar surface area (TPSA) is 548 Å². The van der Waals surface area contributed by atoms with Gasteiger partial charge in [0.2, 0.25) is 0 Å². The predicted molar refractivity (Wildman–Crippen MR) is 434 cm³/mol. The van der Waals surface area contributed by atoms with Gasteiger partial charge in [-0.3, -0.25) is 49.1 Å². The molecule has 1 saturated heterocycles. The molecule has 3 radical (unpaired) electrons. The van der Waals surface area contributed by atoms with Gasteiger partial charge >= 0.3 is 63.1 Å². The Morgan fingerprint density at radius 3 is 0.991 bits per heavy atom. The van der Waals surface area contributed by atoms with E-state index in [0.717, 1.165) is 130 Å². The van der Waals surface area contributed by atoms with Gasteiger partial charge in [-0.05, 0) is 101 Å². The third-order valence-corrected chi connectivity index (χ3v) is 15.4. The van der Waals surface area contributed by atoms with Crippen molar-refractivity contribution in [1.29, 1.82) is 0 Å². The Morgan fingerprint density at radius 1 is 0.387 bits per heavy atom. The van der Waals surface area contributed by atoms with Crippen molar-refractivity contribution in [1.82, 2.24) is 39.5 Å². The van der Waals surface area contributed by atoms with Crippen LogP contribution in [0, 0.1) is 12.8 Å². The van der Waals surface area contributed by atoms with E-state index in [4.69, 9.17) is 19.7 Å². The Balaban J connectivity index is -0.000000107.